The molecule has 3 atom stereocenters. The topological polar surface area (TPSA) is 123 Å². The van der Waals surface area contributed by atoms with E-state index >= 15 is 0 Å². The van der Waals surface area contributed by atoms with Crippen molar-refractivity contribution in [3.63, 3.8) is 0 Å². The first-order valence-corrected chi connectivity index (χ1v) is 17.2. The van der Waals surface area contributed by atoms with Gasteiger partial charge in [0, 0.05) is 41.2 Å². The quantitative estimate of drug-likeness (QED) is 0.0582. The van der Waals surface area contributed by atoms with Crippen LogP contribution in [0.4, 0.5) is 17.1 Å². The second-order valence-corrected chi connectivity index (χ2v) is 12.8. The third kappa shape index (κ3) is 10.7. The number of aliphatic hydroxyl groups is 1. The van der Waals surface area contributed by atoms with Gasteiger partial charge in [-0.25, -0.2) is 0 Å². The molecule has 246 valence electrons. The van der Waals surface area contributed by atoms with Crippen LogP contribution in [0.3, 0.4) is 0 Å². The highest BCUT2D eigenvalue weighted by atomic mass is 32.2. The standard InChI is InChI=1S/C38H43N3O5S/c39-33-12-8-9-13-34(33)41-37(44)15-7-2-1-6-14-36(43)40-30-22-20-29(21-23-30)38-45-31(26-47-32-10-4-3-5-11-32)24-35(46-38)28-18-16-27(25-42)17-19-28/h3-5,8-13,16-23,31,35,38,42H,1-2,6-7,14-15,24-26,39H2,(H,40,43)(H,41,44). The monoisotopic (exact) mass is 653 g/mol. The van der Waals surface area contributed by atoms with Crippen LogP contribution in [0, 0.1) is 0 Å². The van der Waals surface area contributed by atoms with Gasteiger partial charge in [0.05, 0.1) is 30.2 Å². The van der Waals surface area contributed by atoms with E-state index in [2.05, 4.69) is 22.8 Å². The van der Waals surface area contributed by atoms with Gasteiger partial charge in [-0.15, -0.1) is 11.8 Å². The number of unbranched alkanes of at least 4 members (excludes halogenated alkanes) is 3. The number of rotatable bonds is 15. The molecule has 0 bridgehead atoms. The molecule has 1 heterocycles. The van der Waals surface area contributed by atoms with Gasteiger partial charge in [-0.2, -0.15) is 0 Å². The summed E-state index contributed by atoms with van der Waals surface area (Å²) in [6.45, 7) is 0.00295. The SMILES string of the molecule is Nc1ccccc1NC(=O)CCCCCCC(=O)Nc1ccc(C2OC(CSc3ccccc3)CC(c3ccc(CO)cc3)O2)cc1. The lowest BCUT2D eigenvalue weighted by Gasteiger charge is -2.36. The molecule has 4 aromatic carbocycles. The number of nitrogens with one attached hydrogen (secondary N) is 2. The lowest BCUT2D eigenvalue weighted by Crippen LogP contribution is -2.31. The first-order chi connectivity index (χ1) is 23.0. The van der Waals surface area contributed by atoms with Crippen molar-refractivity contribution in [3.8, 4) is 0 Å². The van der Waals surface area contributed by atoms with Crippen molar-refractivity contribution < 1.29 is 24.2 Å². The Morgan fingerprint density at radius 2 is 1.38 bits per heavy atom. The highest BCUT2D eigenvalue weighted by molar-refractivity contribution is 7.99. The minimum absolute atomic E-state index is 0.00295. The van der Waals surface area contributed by atoms with E-state index < -0.39 is 6.29 Å². The molecule has 0 aromatic heterocycles. The normalized spacial score (nSPS) is 17.6. The summed E-state index contributed by atoms with van der Waals surface area (Å²) in [6.07, 6.45) is 4.08. The lowest BCUT2D eigenvalue weighted by molar-refractivity contribution is -0.245. The minimum Gasteiger partial charge on any atom is -0.397 e. The average molecular weight is 654 g/mol. The van der Waals surface area contributed by atoms with E-state index in [1.165, 1.54) is 4.90 Å². The Hall–Kier alpha value is -4.15. The van der Waals surface area contributed by atoms with Crippen molar-refractivity contribution in [2.75, 3.05) is 22.1 Å². The van der Waals surface area contributed by atoms with E-state index in [1.54, 1.807) is 23.9 Å². The summed E-state index contributed by atoms with van der Waals surface area (Å²) in [5, 5.41) is 15.3. The molecule has 1 fully saturated rings. The van der Waals surface area contributed by atoms with Gasteiger partial charge in [0.2, 0.25) is 11.8 Å². The smallest absolute Gasteiger partial charge is 0.224 e. The van der Waals surface area contributed by atoms with Crippen molar-refractivity contribution in [2.45, 2.75) is 74.9 Å². The molecule has 8 nitrogen and oxygen atoms in total. The fraction of sp³-hybridized carbons (Fsp3) is 0.316. The van der Waals surface area contributed by atoms with Gasteiger partial charge in [0.15, 0.2) is 6.29 Å². The number of nitrogens with two attached hydrogens (primary N) is 1. The molecule has 4 aromatic rings. The van der Waals surface area contributed by atoms with Crippen LogP contribution in [-0.4, -0.2) is 28.8 Å². The number of aliphatic hydroxyl groups excluding tert-OH is 1. The van der Waals surface area contributed by atoms with Crippen molar-refractivity contribution in [1.82, 2.24) is 0 Å². The van der Waals surface area contributed by atoms with Gasteiger partial charge >= 0.3 is 0 Å². The molecule has 1 saturated heterocycles. The molecule has 2 amide bonds. The van der Waals surface area contributed by atoms with Crippen LogP contribution >= 0.6 is 11.8 Å². The molecule has 3 unspecified atom stereocenters. The number of hydrogen-bond donors (Lipinski definition) is 4. The van der Waals surface area contributed by atoms with E-state index in [1.807, 2.05) is 78.9 Å². The molecule has 47 heavy (non-hydrogen) atoms. The average Bonchev–Trinajstić information content (AvgIpc) is 3.10. The molecule has 1 aliphatic heterocycles. The van der Waals surface area contributed by atoms with E-state index in [0.29, 0.717) is 24.2 Å². The van der Waals surface area contributed by atoms with Gasteiger partial charge in [-0.05, 0) is 60.4 Å². The van der Waals surface area contributed by atoms with Gasteiger partial charge in [-0.3, -0.25) is 9.59 Å². The minimum atomic E-state index is -0.551. The second-order valence-electron chi connectivity index (χ2n) is 11.7. The summed E-state index contributed by atoms with van der Waals surface area (Å²) in [5.74, 6) is 0.700. The van der Waals surface area contributed by atoms with Gasteiger partial charge in [0.1, 0.15) is 0 Å². The highest BCUT2D eigenvalue weighted by Gasteiger charge is 2.32. The van der Waals surface area contributed by atoms with Crippen LogP contribution in [0.15, 0.2) is 108 Å². The first-order valence-electron chi connectivity index (χ1n) is 16.2. The van der Waals surface area contributed by atoms with Crippen LogP contribution in [0.25, 0.3) is 0 Å². The molecule has 0 aliphatic carbocycles. The number of ether oxygens (including phenoxy) is 2. The number of carbonyl (C=O) groups is 2. The number of nitrogen functional groups attached to an aromatic ring is 1. The van der Waals surface area contributed by atoms with Crippen LogP contribution in [0.2, 0.25) is 0 Å². The van der Waals surface area contributed by atoms with Gasteiger partial charge in [0.25, 0.3) is 0 Å². The van der Waals surface area contributed by atoms with Gasteiger partial charge < -0.3 is 30.9 Å². The summed E-state index contributed by atoms with van der Waals surface area (Å²) < 4.78 is 12.9. The molecular formula is C38H43N3O5S. The van der Waals surface area contributed by atoms with Crippen molar-refractivity contribution in [3.05, 3.63) is 120 Å². The number of hydrogen-bond acceptors (Lipinski definition) is 7. The number of benzene rings is 4. The van der Waals surface area contributed by atoms with E-state index in [9.17, 15) is 14.7 Å². The maximum absolute atomic E-state index is 12.6. The third-order valence-electron chi connectivity index (χ3n) is 8.05. The number of anilines is 3. The van der Waals surface area contributed by atoms with Crippen LogP contribution in [0.1, 0.15) is 74.0 Å². The summed E-state index contributed by atoms with van der Waals surface area (Å²) in [4.78, 5) is 26.0. The molecule has 0 saturated carbocycles. The summed E-state index contributed by atoms with van der Waals surface area (Å²) in [6, 6.07) is 33.0. The zero-order valence-electron chi connectivity index (χ0n) is 26.5. The Morgan fingerprint density at radius 3 is 2.06 bits per heavy atom. The Morgan fingerprint density at radius 1 is 0.745 bits per heavy atom. The van der Waals surface area contributed by atoms with E-state index in [0.717, 1.165) is 60.2 Å². The van der Waals surface area contributed by atoms with Crippen molar-refractivity contribution >= 4 is 40.6 Å². The van der Waals surface area contributed by atoms with Crippen LogP contribution < -0.4 is 16.4 Å². The number of thioether (sulfide) groups is 1. The zero-order valence-corrected chi connectivity index (χ0v) is 27.3. The van der Waals surface area contributed by atoms with Crippen molar-refractivity contribution in [1.29, 1.82) is 0 Å². The Kier molecular flexibility index (Phi) is 12.9. The molecule has 5 rings (SSSR count). The summed E-state index contributed by atoms with van der Waals surface area (Å²) in [7, 11) is 0. The number of carbonyl (C=O) groups excluding carboxylic acids is 2. The Balaban J connectivity index is 1.08. The molecule has 5 N–H and O–H groups in total. The van der Waals surface area contributed by atoms with E-state index in [4.69, 9.17) is 15.2 Å². The predicted molar refractivity (Wildman–Crippen MR) is 188 cm³/mol. The molecule has 0 spiro atoms. The number of para-hydroxylation sites is 2. The number of amides is 2. The molecule has 1 aliphatic rings. The molecular weight excluding hydrogens is 611 g/mol. The maximum Gasteiger partial charge on any atom is 0.224 e. The summed E-state index contributed by atoms with van der Waals surface area (Å²) >= 11 is 1.77. The van der Waals surface area contributed by atoms with Crippen LogP contribution in [-0.2, 0) is 25.7 Å². The van der Waals surface area contributed by atoms with Crippen molar-refractivity contribution in [2.24, 2.45) is 0 Å². The molecule has 0 radical (unpaired) electrons. The first kappa shape index (κ1) is 34.2. The molecule has 9 heteroatoms. The largest absolute Gasteiger partial charge is 0.397 e. The highest BCUT2D eigenvalue weighted by Crippen LogP contribution is 2.39. The predicted octanol–water partition coefficient (Wildman–Crippen LogP) is 8.02. The maximum atomic E-state index is 12.6. The van der Waals surface area contributed by atoms with E-state index in [-0.39, 0.29) is 30.6 Å². The Bertz CT molecular complexity index is 1570. The summed E-state index contributed by atoms with van der Waals surface area (Å²) in [5.41, 5.74) is 10.6. The second kappa shape index (κ2) is 17.7. The third-order valence-corrected chi connectivity index (χ3v) is 9.20. The Labute approximate surface area is 281 Å². The fourth-order valence-electron chi connectivity index (χ4n) is 5.42. The van der Waals surface area contributed by atoms with Gasteiger partial charge in [-0.1, -0.05) is 79.6 Å². The zero-order chi connectivity index (χ0) is 32.8. The van der Waals surface area contributed by atoms with Crippen LogP contribution in [0.5, 0.6) is 0 Å². The lowest BCUT2D eigenvalue weighted by atomic mass is 10.0. The fourth-order valence-corrected chi connectivity index (χ4v) is 6.37.